The van der Waals surface area contributed by atoms with E-state index in [-0.39, 0.29) is 12.3 Å². The Bertz CT molecular complexity index is 529. The Hall–Kier alpha value is -1.39. The third-order valence-corrected chi connectivity index (χ3v) is 5.39. The lowest BCUT2D eigenvalue weighted by molar-refractivity contribution is -0.126. The summed E-state index contributed by atoms with van der Waals surface area (Å²) in [5, 5.41) is 13.2. The van der Waals surface area contributed by atoms with E-state index in [9.17, 15) is 9.90 Å². The highest BCUT2D eigenvalue weighted by atomic mass is 16.3. The van der Waals surface area contributed by atoms with Crippen molar-refractivity contribution in [1.82, 2.24) is 10.2 Å². The number of hydrogen-bond donors (Lipinski definition) is 2. The van der Waals surface area contributed by atoms with Gasteiger partial charge in [0.15, 0.2) is 0 Å². The number of amides is 1. The van der Waals surface area contributed by atoms with Crippen LogP contribution >= 0.6 is 0 Å². The van der Waals surface area contributed by atoms with Crippen molar-refractivity contribution < 1.29 is 9.90 Å². The summed E-state index contributed by atoms with van der Waals surface area (Å²) in [5.74, 6) is -0.0446. The number of aliphatic hydroxyl groups is 1. The first kappa shape index (κ1) is 17.4. The first-order chi connectivity index (χ1) is 11.6. The summed E-state index contributed by atoms with van der Waals surface area (Å²) in [7, 11) is 0. The fraction of sp³-hybridized carbons (Fsp3) is 0.650. The Kier molecular flexibility index (Phi) is 5.90. The number of piperidine rings is 1. The molecule has 1 aromatic rings. The average molecular weight is 330 g/mol. The van der Waals surface area contributed by atoms with E-state index in [0.717, 1.165) is 37.8 Å². The molecule has 0 spiro atoms. The van der Waals surface area contributed by atoms with E-state index in [1.54, 1.807) is 0 Å². The average Bonchev–Trinajstić information content (AvgIpc) is 3.01. The molecular formula is C20H30N2O2. The first-order valence-corrected chi connectivity index (χ1v) is 9.42. The smallest absolute Gasteiger partial charge is 0.223 e. The number of hydrogen-bond acceptors (Lipinski definition) is 3. The summed E-state index contributed by atoms with van der Waals surface area (Å²) >= 11 is 0. The van der Waals surface area contributed by atoms with Gasteiger partial charge in [-0.3, -0.25) is 9.69 Å². The maximum atomic E-state index is 12.0. The van der Waals surface area contributed by atoms with E-state index in [4.69, 9.17) is 0 Å². The van der Waals surface area contributed by atoms with Crippen molar-refractivity contribution >= 4 is 5.91 Å². The molecule has 4 heteroatoms. The number of likely N-dealkylation sites (tertiary alicyclic amines) is 1. The second-order valence-corrected chi connectivity index (χ2v) is 7.54. The molecule has 24 heavy (non-hydrogen) atoms. The van der Waals surface area contributed by atoms with Crippen molar-refractivity contribution in [2.45, 2.75) is 70.1 Å². The maximum Gasteiger partial charge on any atom is 0.223 e. The summed E-state index contributed by atoms with van der Waals surface area (Å²) in [6.07, 6.45) is 7.80. The second kappa shape index (κ2) is 8.13. The zero-order chi connectivity index (χ0) is 16.8. The van der Waals surface area contributed by atoms with Gasteiger partial charge in [0.1, 0.15) is 0 Å². The van der Waals surface area contributed by atoms with Crippen molar-refractivity contribution in [3.05, 3.63) is 35.4 Å². The van der Waals surface area contributed by atoms with Crippen molar-refractivity contribution in [3.8, 4) is 0 Å². The monoisotopic (exact) mass is 330 g/mol. The Morgan fingerprint density at radius 1 is 1.00 bits per heavy atom. The van der Waals surface area contributed by atoms with Gasteiger partial charge < -0.3 is 10.4 Å². The molecule has 3 rings (SSSR count). The molecule has 2 fully saturated rings. The molecule has 4 nitrogen and oxygen atoms in total. The lowest BCUT2D eigenvalue weighted by Crippen LogP contribution is -2.34. The van der Waals surface area contributed by atoms with Gasteiger partial charge in [0.2, 0.25) is 5.91 Å². The first-order valence-electron chi connectivity index (χ1n) is 9.42. The van der Waals surface area contributed by atoms with Gasteiger partial charge in [-0.1, -0.05) is 43.5 Å². The van der Waals surface area contributed by atoms with Gasteiger partial charge in [0.05, 0.1) is 12.0 Å². The maximum absolute atomic E-state index is 12.0. The molecule has 1 aromatic carbocycles. The summed E-state index contributed by atoms with van der Waals surface area (Å²) in [6.45, 7) is 3.99. The minimum Gasteiger partial charge on any atom is -0.389 e. The SMILES string of the molecule is O=C(CC1(O)CCCC1)NCc1ccc(CN2CCCCC2)cc1. The van der Waals surface area contributed by atoms with Gasteiger partial charge >= 0.3 is 0 Å². The van der Waals surface area contributed by atoms with Crippen LogP contribution in [0.15, 0.2) is 24.3 Å². The Labute approximate surface area is 145 Å². The van der Waals surface area contributed by atoms with E-state index >= 15 is 0 Å². The van der Waals surface area contributed by atoms with Gasteiger partial charge in [-0.25, -0.2) is 0 Å². The van der Waals surface area contributed by atoms with Crippen LogP contribution in [0.1, 0.15) is 62.5 Å². The van der Waals surface area contributed by atoms with Crippen LogP contribution in [0.2, 0.25) is 0 Å². The third kappa shape index (κ3) is 5.05. The van der Waals surface area contributed by atoms with E-state index in [2.05, 4.69) is 34.5 Å². The highest BCUT2D eigenvalue weighted by Crippen LogP contribution is 2.32. The quantitative estimate of drug-likeness (QED) is 0.843. The Balaban J connectivity index is 1.43. The molecule has 2 N–H and O–H groups in total. The Morgan fingerprint density at radius 2 is 1.62 bits per heavy atom. The van der Waals surface area contributed by atoms with Crippen molar-refractivity contribution in [1.29, 1.82) is 0 Å². The summed E-state index contributed by atoms with van der Waals surface area (Å²) in [4.78, 5) is 14.5. The zero-order valence-electron chi connectivity index (χ0n) is 14.6. The molecule has 0 radical (unpaired) electrons. The van der Waals surface area contributed by atoms with Crippen LogP contribution in [0.5, 0.6) is 0 Å². The van der Waals surface area contributed by atoms with Crippen LogP contribution < -0.4 is 5.32 Å². The highest BCUT2D eigenvalue weighted by Gasteiger charge is 2.33. The van der Waals surface area contributed by atoms with E-state index in [0.29, 0.717) is 6.54 Å². The highest BCUT2D eigenvalue weighted by molar-refractivity contribution is 5.77. The van der Waals surface area contributed by atoms with Gasteiger partial charge in [-0.15, -0.1) is 0 Å². The predicted octanol–water partition coefficient (Wildman–Crippen LogP) is 2.98. The van der Waals surface area contributed by atoms with Gasteiger partial charge in [0, 0.05) is 13.1 Å². The molecule has 2 aliphatic rings. The summed E-state index contributed by atoms with van der Waals surface area (Å²) < 4.78 is 0. The molecule has 1 saturated carbocycles. The standard InChI is InChI=1S/C20H30N2O2/c23-19(14-20(24)10-2-3-11-20)21-15-17-6-8-18(9-7-17)16-22-12-4-1-5-13-22/h6-9,24H,1-5,10-16H2,(H,21,23). The van der Waals surface area contributed by atoms with Crippen LogP contribution in [-0.4, -0.2) is 34.6 Å². The molecule has 1 aliphatic heterocycles. The number of carbonyl (C=O) groups excluding carboxylic acids is 1. The lowest BCUT2D eigenvalue weighted by atomic mass is 9.97. The minimum absolute atomic E-state index is 0.0446. The van der Waals surface area contributed by atoms with Crippen LogP contribution in [0.25, 0.3) is 0 Å². The molecule has 0 aromatic heterocycles. The van der Waals surface area contributed by atoms with Gasteiger partial charge in [-0.05, 0) is 49.9 Å². The second-order valence-electron chi connectivity index (χ2n) is 7.54. The largest absolute Gasteiger partial charge is 0.389 e. The topological polar surface area (TPSA) is 52.6 Å². The molecule has 0 bridgehead atoms. The van der Waals surface area contributed by atoms with Crippen LogP contribution in [0.3, 0.4) is 0 Å². The summed E-state index contributed by atoms with van der Waals surface area (Å²) in [6, 6.07) is 8.54. The minimum atomic E-state index is -0.762. The van der Waals surface area contributed by atoms with Crippen LogP contribution in [0, 0.1) is 0 Å². The molecule has 1 heterocycles. The third-order valence-electron chi connectivity index (χ3n) is 5.39. The summed E-state index contributed by atoms with van der Waals surface area (Å²) in [5.41, 5.74) is 1.69. The fourth-order valence-corrected chi connectivity index (χ4v) is 3.91. The van der Waals surface area contributed by atoms with Crippen LogP contribution in [-0.2, 0) is 17.9 Å². The molecule has 1 saturated heterocycles. The molecule has 0 atom stereocenters. The number of rotatable bonds is 6. The van der Waals surface area contributed by atoms with Gasteiger partial charge in [0.25, 0.3) is 0 Å². The number of benzene rings is 1. The fourth-order valence-electron chi connectivity index (χ4n) is 3.91. The van der Waals surface area contributed by atoms with Crippen molar-refractivity contribution in [2.24, 2.45) is 0 Å². The molecular weight excluding hydrogens is 300 g/mol. The lowest BCUT2D eigenvalue weighted by Gasteiger charge is -2.26. The van der Waals surface area contributed by atoms with E-state index in [1.165, 1.54) is 37.9 Å². The normalized spacial score (nSPS) is 20.9. The van der Waals surface area contributed by atoms with E-state index in [1.807, 2.05) is 0 Å². The van der Waals surface area contributed by atoms with Crippen molar-refractivity contribution in [3.63, 3.8) is 0 Å². The molecule has 1 aliphatic carbocycles. The zero-order valence-corrected chi connectivity index (χ0v) is 14.6. The predicted molar refractivity (Wildman–Crippen MR) is 95.5 cm³/mol. The number of carbonyl (C=O) groups is 1. The molecule has 1 amide bonds. The number of nitrogens with zero attached hydrogens (tertiary/aromatic N) is 1. The van der Waals surface area contributed by atoms with E-state index < -0.39 is 5.60 Å². The number of nitrogens with one attached hydrogen (secondary N) is 1. The van der Waals surface area contributed by atoms with Crippen LogP contribution in [0.4, 0.5) is 0 Å². The van der Waals surface area contributed by atoms with Gasteiger partial charge in [-0.2, -0.15) is 0 Å². The Morgan fingerprint density at radius 3 is 2.29 bits per heavy atom. The molecule has 132 valence electrons. The van der Waals surface area contributed by atoms with Crippen molar-refractivity contribution in [2.75, 3.05) is 13.1 Å². The molecule has 0 unspecified atom stereocenters.